The molecular weight excluding hydrogens is 218 g/mol. The van der Waals surface area contributed by atoms with Gasteiger partial charge in [-0.05, 0) is 24.9 Å². The van der Waals surface area contributed by atoms with Crippen LogP contribution in [0.15, 0.2) is 0 Å². The van der Waals surface area contributed by atoms with Crippen molar-refractivity contribution in [1.29, 1.82) is 0 Å². The van der Waals surface area contributed by atoms with Gasteiger partial charge in [-0.1, -0.05) is 20.8 Å². The number of hydrogen-bond acceptors (Lipinski definition) is 2. The lowest BCUT2D eigenvalue weighted by Gasteiger charge is -2.47. The lowest BCUT2D eigenvalue weighted by Crippen LogP contribution is -2.56. The van der Waals surface area contributed by atoms with Crippen molar-refractivity contribution in [2.24, 2.45) is 5.41 Å². The average Bonchev–Trinajstić information content (AvgIpc) is 2.41. The van der Waals surface area contributed by atoms with Crippen molar-refractivity contribution in [3.8, 4) is 0 Å². The van der Waals surface area contributed by atoms with Crippen LogP contribution in [0.5, 0.6) is 0 Å². The fraction of sp³-hybridized carbons (Fsp3) is 0.917. The molecule has 0 unspecified atom stereocenters. The van der Waals surface area contributed by atoms with Gasteiger partial charge in [0.2, 0.25) is 14.9 Å². The summed E-state index contributed by atoms with van der Waals surface area (Å²) in [5.41, 5.74) is -0.0583. The van der Waals surface area contributed by atoms with Gasteiger partial charge in [0.15, 0.2) is 0 Å². The number of amides is 1. The number of hydrogen-bond donors (Lipinski definition) is 0. The molecule has 1 fully saturated rings. The van der Waals surface area contributed by atoms with Crippen molar-refractivity contribution in [3.63, 3.8) is 0 Å². The highest BCUT2D eigenvalue weighted by Gasteiger charge is 2.51. The van der Waals surface area contributed by atoms with Gasteiger partial charge < -0.3 is 9.33 Å². The molecule has 1 amide bonds. The van der Waals surface area contributed by atoms with E-state index in [0.29, 0.717) is 13.0 Å². The molecule has 0 aliphatic carbocycles. The van der Waals surface area contributed by atoms with Crippen LogP contribution in [0.1, 0.15) is 33.6 Å². The van der Waals surface area contributed by atoms with Crippen molar-refractivity contribution < 1.29 is 9.22 Å². The quantitative estimate of drug-likeness (QED) is 0.711. The normalized spacial score (nSPS) is 26.9. The maximum absolute atomic E-state index is 11.8. The minimum absolute atomic E-state index is 0.0607. The van der Waals surface area contributed by atoms with Gasteiger partial charge in [0, 0.05) is 13.5 Å². The van der Waals surface area contributed by atoms with Gasteiger partial charge in [0.25, 0.3) is 0 Å². The van der Waals surface area contributed by atoms with E-state index in [9.17, 15) is 4.79 Å². The smallest absolute Gasteiger partial charge is 0.222 e. The predicted molar refractivity (Wildman–Crippen MR) is 67.6 cm³/mol. The molecule has 1 heterocycles. The van der Waals surface area contributed by atoms with Gasteiger partial charge in [-0.3, -0.25) is 4.79 Å². The van der Waals surface area contributed by atoms with Gasteiger partial charge >= 0.3 is 0 Å². The van der Waals surface area contributed by atoms with Crippen molar-refractivity contribution in [2.75, 3.05) is 13.7 Å². The van der Waals surface area contributed by atoms with Gasteiger partial charge in [0.05, 0.1) is 12.1 Å². The molecule has 0 aromatic heterocycles. The standard InChI is InChI=1S/C12H24NO2Si/c1-11(2,3)12(9-15-16(5)6)8-7-10(14)13(12)4/h7-9H2,1-6H3/t12-/m1/s1. The molecular formula is C12H24NO2Si. The van der Waals surface area contributed by atoms with E-state index < -0.39 is 9.04 Å². The number of carbonyl (C=O) groups is 1. The van der Waals surface area contributed by atoms with Gasteiger partial charge in [-0.25, -0.2) is 0 Å². The Kier molecular flexibility index (Phi) is 3.85. The molecule has 0 aromatic rings. The van der Waals surface area contributed by atoms with E-state index in [1.165, 1.54) is 0 Å². The van der Waals surface area contributed by atoms with E-state index in [1.807, 2.05) is 11.9 Å². The van der Waals surface area contributed by atoms with Crippen LogP contribution in [0.25, 0.3) is 0 Å². The van der Waals surface area contributed by atoms with Crippen LogP contribution < -0.4 is 0 Å². The molecule has 3 nitrogen and oxygen atoms in total. The summed E-state index contributed by atoms with van der Waals surface area (Å²) in [5.74, 6) is 0.250. The second kappa shape index (κ2) is 4.49. The van der Waals surface area contributed by atoms with Crippen LogP contribution >= 0.6 is 0 Å². The van der Waals surface area contributed by atoms with Crippen molar-refractivity contribution in [1.82, 2.24) is 4.90 Å². The zero-order valence-electron chi connectivity index (χ0n) is 11.4. The highest BCUT2D eigenvalue weighted by molar-refractivity contribution is 6.48. The van der Waals surface area contributed by atoms with Gasteiger partial charge in [0.1, 0.15) is 0 Å². The molecule has 1 saturated heterocycles. The molecule has 0 aromatic carbocycles. The van der Waals surface area contributed by atoms with E-state index in [2.05, 4.69) is 33.9 Å². The van der Waals surface area contributed by atoms with Crippen LogP contribution in [-0.2, 0) is 9.22 Å². The Morgan fingerprint density at radius 1 is 1.44 bits per heavy atom. The molecule has 1 radical (unpaired) electrons. The highest BCUT2D eigenvalue weighted by Crippen LogP contribution is 2.43. The van der Waals surface area contributed by atoms with Crippen LogP contribution in [0, 0.1) is 5.41 Å². The van der Waals surface area contributed by atoms with Crippen LogP contribution in [0.3, 0.4) is 0 Å². The second-order valence-electron chi connectivity index (χ2n) is 5.93. The first-order chi connectivity index (χ1) is 7.21. The van der Waals surface area contributed by atoms with Crippen LogP contribution in [-0.4, -0.2) is 39.0 Å². The topological polar surface area (TPSA) is 29.5 Å². The Morgan fingerprint density at radius 2 is 2.00 bits per heavy atom. The molecule has 0 spiro atoms. The summed E-state index contributed by atoms with van der Waals surface area (Å²) in [5, 5.41) is 0. The van der Waals surface area contributed by atoms with E-state index in [-0.39, 0.29) is 16.9 Å². The van der Waals surface area contributed by atoms with Crippen molar-refractivity contribution in [2.45, 2.75) is 52.2 Å². The second-order valence-corrected chi connectivity index (χ2v) is 8.04. The number of likely N-dealkylation sites (N-methyl/N-ethyl adjacent to an activating group) is 1. The highest BCUT2D eigenvalue weighted by atomic mass is 28.3. The molecule has 16 heavy (non-hydrogen) atoms. The van der Waals surface area contributed by atoms with Gasteiger partial charge in [-0.15, -0.1) is 0 Å². The first-order valence-electron chi connectivity index (χ1n) is 5.90. The van der Waals surface area contributed by atoms with Crippen molar-refractivity contribution in [3.05, 3.63) is 0 Å². The van der Waals surface area contributed by atoms with E-state index in [1.54, 1.807) is 0 Å². The van der Waals surface area contributed by atoms with Crippen LogP contribution in [0.2, 0.25) is 13.1 Å². The predicted octanol–water partition coefficient (Wildman–Crippen LogP) is 2.29. The third-order valence-corrected chi connectivity index (χ3v) is 4.49. The molecule has 1 atom stereocenters. The third-order valence-electron chi connectivity index (χ3n) is 3.76. The van der Waals surface area contributed by atoms with Gasteiger partial charge in [-0.2, -0.15) is 0 Å². The summed E-state index contributed by atoms with van der Waals surface area (Å²) < 4.78 is 5.88. The average molecular weight is 242 g/mol. The fourth-order valence-electron chi connectivity index (χ4n) is 2.42. The largest absolute Gasteiger partial charge is 0.415 e. The SMILES string of the molecule is CN1C(=O)CC[C@@]1(CO[Si](C)C)C(C)(C)C. The molecule has 1 aliphatic heterocycles. The summed E-state index contributed by atoms with van der Waals surface area (Å²) in [6.45, 7) is 11.5. The Morgan fingerprint density at radius 3 is 2.31 bits per heavy atom. The minimum atomic E-state index is -0.697. The van der Waals surface area contributed by atoms with E-state index in [0.717, 1.165) is 6.42 Å². The molecule has 0 bridgehead atoms. The monoisotopic (exact) mass is 242 g/mol. The summed E-state index contributed by atoms with van der Waals surface area (Å²) in [7, 11) is 1.22. The first kappa shape index (κ1) is 13.7. The minimum Gasteiger partial charge on any atom is -0.415 e. The number of rotatable bonds is 3. The zero-order valence-corrected chi connectivity index (χ0v) is 12.4. The summed E-state index contributed by atoms with van der Waals surface area (Å²) in [4.78, 5) is 13.7. The van der Waals surface area contributed by atoms with E-state index in [4.69, 9.17) is 4.43 Å². The molecule has 1 rings (SSSR count). The summed E-state index contributed by atoms with van der Waals surface area (Å²) in [6.07, 6.45) is 1.58. The van der Waals surface area contributed by atoms with Crippen molar-refractivity contribution >= 4 is 14.9 Å². The Labute approximate surface area is 101 Å². The zero-order chi connectivity index (χ0) is 12.6. The first-order valence-corrected chi connectivity index (χ1v) is 8.31. The molecule has 93 valence electrons. The Hall–Kier alpha value is -0.353. The third kappa shape index (κ3) is 2.32. The molecule has 0 N–H and O–H groups in total. The Balaban J connectivity index is 2.91. The summed E-state index contributed by atoms with van der Waals surface area (Å²) >= 11 is 0. The lowest BCUT2D eigenvalue weighted by molar-refractivity contribution is -0.133. The summed E-state index contributed by atoms with van der Waals surface area (Å²) in [6, 6.07) is 0. The molecule has 0 saturated carbocycles. The Bertz CT molecular complexity index is 273. The number of carbonyl (C=O) groups excluding carboxylic acids is 1. The number of likely N-dealkylation sites (tertiary alicyclic amines) is 1. The molecule has 1 aliphatic rings. The number of nitrogens with zero attached hydrogens (tertiary/aromatic N) is 1. The lowest BCUT2D eigenvalue weighted by atomic mass is 9.72. The maximum Gasteiger partial charge on any atom is 0.222 e. The molecule has 4 heteroatoms. The fourth-order valence-corrected chi connectivity index (χ4v) is 2.94. The van der Waals surface area contributed by atoms with Crippen LogP contribution in [0.4, 0.5) is 0 Å². The maximum atomic E-state index is 11.8. The van der Waals surface area contributed by atoms with E-state index >= 15 is 0 Å².